The van der Waals surface area contributed by atoms with E-state index in [-0.39, 0.29) is 0 Å². The van der Waals surface area contributed by atoms with Gasteiger partial charge in [0.1, 0.15) is 17.1 Å². The third-order valence-electron chi connectivity index (χ3n) is 4.77. The molecule has 0 fully saturated rings. The number of nitrogens with two attached hydrogens (primary N) is 1. The molecule has 0 aliphatic heterocycles. The molecule has 3 aromatic rings. The van der Waals surface area contributed by atoms with Crippen LogP contribution in [0.1, 0.15) is 19.4 Å². The number of nitrogens with one attached hydrogen (secondary N) is 2. The van der Waals surface area contributed by atoms with Crippen LogP contribution in [0.25, 0.3) is 11.3 Å². The van der Waals surface area contributed by atoms with Crippen LogP contribution in [-0.2, 0) is 17.9 Å². The Labute approximate surface area is 186 Å². The molecule has 31 heavy (non-hydrogen) atoms. The summed E-state index contributed by atoms with van der Waals surface area (Å²) in [6.45, 7) is 4.25. The Bertz CT molecular complexity index is 1040. The highest BCUT2D eigenvalue weighted by molar-refractivity contribution is 7.89. The van der Waals surface area contributed by atoms with Crippen LogP contribution in [0.2, 0.25) is 0 Å². The van der Waals surface area contributed by atoms with E-state index in [4.69, 9.17) is 5.73 Å². The Kier molecular flexibility index (Phi) is 7.70. The molecule has 0 saturated carbocycles. The first-order chi connectivity index (χ1) is 15.0. The minimum absolute atomic E-state index is 0.548. The maximum Gasteiger partial charge on any atom is 0.179 e. The van der Waals surface area contributed by atoms with Crippen LogP contribution >= 0.6 is 0 Å². The molecule has 0 radical (unpaired) electrons. The lowest BCUT2D eigenvalue weighted by atomic mass is 10.1. The molecule has 1 aromatic heterocycles. The normalized spacial score (nSPS) is 13.4. The molecule has 0 aliphatic carbocycles. The van der Waals surface area contributed by atoms with Gasteiger partial charge in [0.15, 0.2) is 4.90 Å². The summed E-state index contributed by atoms with van der Waals surface area (Å²) >= 11 is -1.42. The maximum absolute atomic E-state index is 12.7. The minimum Gasteiger partial charge on any atom is -0.588 e. The second-order valence-corrected chi connectivity index (χ2v) is 8.24. The quantitative estimate of drug-likeness (QED) is 0.364. The lowest BCUT2D eigenvalue weighted by molar-refractivity contribution is 0.588. The maximum atomic E-state index is 12.7. The van der Waals surface area contributed by atoms with Crippen molar-refractivity contribution in [2.24, 2.45) is 10.7 Å². The van der Waals surface area contributed by atoms with E-state index in [0.29, 0.717) is 28.5 Å². The van der Waals surface area contributed by atoms with Crippen molar-refractivity contribution in [3.8, 4) is 11.3 Å². The summed E-state index contributed by atoms with van der Waals surface area (Å²) in [7, 11) is 1.68. The van der Waals surface area contributed by atoms with Gasteiger partial charge in [-0.1, -0.05) is 30.3 Å². The van der Waals surface area contributed by atoms with Gasteiger partial charge in [0.2, 0.25) is 0 Å². The molecule has 160 valence electrons. The molecule has 0 bridgehead atoms. The highest BCUT2D eigenvalue weighted by atomic mass is 32.2. The van der Waals surface area contributed by atoms with Gasteiger partial charge in [-0.15, -0.1) is 0 Å². The van der Waals surface area contributed by atoms with Gasteiger partial charge in [-0.3, -0.25) is 9.98 Å². The van der Waals surface area contributed by atoms with Crippen LogP contribution in [0.5, 0.6) is 0 Å². The molecule has 2 aromatic carbocycles. The molecular weight excluding hydrogens is 406 g/mol. The molecular formula is C24H27N5OS. The fourth-order valence-corrected chi connectivity index (χ4v) is 3.93. The molecule has 1 unspecified atom stereocenters. The van der Waals surface area contributed by atoms with Gasteiger partial charge in [-0.25, -0.2) is 0 Å². The number of anilines is 1. The molecule has 1 atom stereocenters. The minimum atomic E-state index is -1.42. The largest absolute Gasteiger partial charge is 0.588 e. The number of nitrogens with zero attached hydrogens (tertiary/aromatic N) is 2. The van der Waals surface area contributed by atoms with Crippen LogP contribution in [-0.4, -0.2) is 22.3 Å². The van der Waals surface area contributed by atoms with E-state index >= 15 is 0 Å². The monoisotopic (exact) mass is 433 g/mol. The zero-order valence-corrected chi connectivity index (χ0v) is 18.7. The third-order valence-corrected chi connectivity index (χ3v) is 5.86. The van der Waals surface area contributed by atoms with Crippen LogP contribution in [0.3, 0.4) is 0 Å². The molecule has 1 heterocycles. The average Bonchev–Trinajstić information content (AvgIpc) is 2.81. The number of benzene rings is 2. The predicted molar refractivity (Wildman–Crippen MR) is 129 cm³/mol. The van der Waals surface area contributed by atoms with Crippen LogP contribution in [0, 0.1) is 0 Å². The Morgan fingerprint density at radius 1 is 1.03 bits per heavy atom. The number of allylic oxidation sites excluding steroid dienone is 2. The Morgan fingerprint density at radius 2 is 1.74 bits per heavy atom. The summed E-state index contributed by atoms with van der Waals surface area (Å²) in [5.41, 5.74) is 11.9. The van der Waals surface area contributed by atoms with Gasteiger partial charge >= 0.3 is 0 Å². The zero-order valence-electron chi connectivity index (χ0n) is 17.9. The second kappa shape index (κ2) is 10.7. The molecule has 4 N–H and O–H groups in total. The zero-order chi connectivity index (χ0) is 22.2. The summed E-state index contributed by atoms with van der Waals surface area (Å²) in [4.78, 5) is 9.16. The lowest BCUT2D eigenvalue weighted by Crippen LogP contribution is -2.29. The number of rotatable bonds is 8. The highest BCUT2D eigenvalue weighted by Crippen LogP contribution is 2.20. The second-order valence-electron chi connectivity index (χ2n) is 7.03. The van der Waals surface area contributed by atoms with E-state index in [1.54, 1.807) is 20.2 Å². The van der Waals surface area contributed by atoms with Crippen molar-refractivity contribution in [1.29, 1.82) is 0 Å². The van der Waals surface area contributed by atoms with E-state index in [1.807, 2.05) is 61.5 Å². The molecule has 7 heteroatoms. The van der Waals surface area contributed by atoms with Gasteiger partial charge in [0.05, 0.1) is 11.4 Å². The SMILES string of the molecule is CN=C(C)C(N[S+]([O-])c1ccc(CNc2ccc(-c3ccccn3)cc2)cc1)=C(C)N. The van der Waals surface area contributed by atoms with Crippen molar-refractivity contribution in [1.82, 2.24) is 9.71 Å². The highest BCUT2D eigenvalue weighted by Gasteiger charge is 2.16. The molecule has 0 aliphatic rings. The number of hydrogen-bond acceptors (Lipinski definition) is 6. The van der Waals surface area contributed by atoms with E-state index in [9.17, 15) is 4.55 Å². The third kappa shape index (κ3) is 6.10. The summed E-state index contributed by atoms with van der Waals surface area (Å²) in [6, 6.07) is 21.7. The first-order valence-electron chi connectivity index (χ1n) is 9.90. The average molecular weight is 434 g/mol. The Hall–Kier alpha value is -3.29. The fraction of sp³-hybridized carbons (Fsp3) is 0.167. The van der Waals surface area contributed by atoms with Crippen molar-refractivity contribution in [3.63, 3.8) is 0 Å². The van der Waals surface area contributed by atoms with Crippen molar-refractivity contribution in [3.05, 3.63) is 89.9 Å². The van der Waals surface area contributed by atoms with Crippen molar-refractivity contribution < 1.29 is 4.55 Å². The lowest BCUT2D eigenvalue weighted by Gasteiger charge is -2.15. The van der Waals surface area contributed by atoms with Crippen LogP contribution in [0.15, 0.2) is 94.2 Å². The van der Waals surface area contributed by atoms with E-state index in [0.717, 1.165) is 22.5 Å². The summed E-state index contributed by atoms with van der Waals surface area (Å²) in [5.74, 6) is 0. The van der Waals surface area contributed by atoms with Gasteiger partial charge in [0.25, 0.3) is 0 Å². The topological polar surface area (TPSA) is 98.4 Å². The van der Waals surface area contributed by atoms with Gasteiger partial charge < -0.3 is 15.6 Å². The molecule has 0 saturated heterocycles. The predicted octanol–water partition coefficient (Wildman–Crippen LogP) is 4.25. The van der Waals surface area contributed by atoms with Crippen molar-refractivity contribution in [2.45, 2.75) is 25.3 Å². The standard InChI is InChI=1S/C24H27N5OS/c1-17(25)24(18(2)26-3)29-31(30)22-13-7-19(8-14-22)16-28-21-11-9-20(10-12-21)23-6-4-5-15-27-23/h4-15,28-29H,16,25H2,1-3H3. The van der Waals surface area contributed by atoms with Crippen molar-refractivity contribution >= 4 is 22.8 Å². The van der Waals surface area contributed by atoms with Gasteiger partial charge in [0, 0.05) is 36.7 Å². The number of pyridine rings is 1. The first-order valence-corrected chi connectivity index (χ1v) is 11.1. The summed E-state index contributed by atoms with van der Waals surface area (Å²) < 4.78 is 15.6. The van der Waals surface area contributed by atoms with E-state index in [1.165, 1.54) is 0 Å². The van der Waals surface area contributed by atoms with Crippen LogP contribution < -0.4 is 15.8 Å². The van der Waals surface area contributed by atoms with E-state index < -0.39 is 11.4 Å². The summed E-state index contributed by atoms with van der Waals surface area (Å²) in [5, 5.41) is 3.41. The molecule has 0 spiro atoms. The summed E-state index contributed by atoms with van der Waals surface area (Å²) in [6.07, 6.45) is 1.79. The van der Waals surface area contributed by atoms with Gasteiger partial charge in [-0.2, -0.15) is 4.72 Å². The van der Waals surface area contributed by atoms with E-state index in [2.05, 4.69) is 32.1 Å². The molecule has 0 amide bonds. The first kappa shape index (κ1) is 22.4. The van der Waals surface area contributed by atoms with Gasteiger partial charge in [-0.05, 0) is 55.8 Å². The fourth-order valence-electron chi connectivity index (χ4n) is 2.93. The number of hydrogen-bond donors (Lipinski definition) is 3. The Morgan fingerprint density at radius 3 is 2.32 bits per heavy atom. The molecule has 3 rings (SSSR count). The smallest absolute Gasteiger partial charge is 0.179 e. The number of aliphatic imine (C=N–C) groups is 1. The Balaban J connectivity index is 1.59. The number of aromatic nitrogens is 1. The molecule has 6 nitrogen and oxygen atoms in total. The van der Waals surface area contributed by atoms with Crippen molar-refractivity contribution in [2.75, 3.05) is 12.4 Å². The van der Waals surface area contributed by atoms with Crippen LogP contribution in [0.4, 0.5) is 5.69 Å².